The average Bonchev–Trinajstić information content (AvgIpc) is 2.80. The lowest BCUT2D eigenvalue weighted by Gasteiger charge is -2.28. The molecule has 0 spiro atoms. The first-order chi connectivity index (χ1) is 10.4. The fourth-order valence-electron chi connectivity index (χ4n) is 4.76. The van der Waals surface area contributed by atoms with Gasteiger partial charge in [-0.05, 0) is 67.4 Å². The molecular weight excluding hydrogens is 258 g/mol. The number of hydrogen-bond acceptors (Lipinski definition) is 2. The molecular formula is C19H27NO. The van der Waals surface area contributed by atoms with Gasteiger partial charge in [0.05, 0.1) is 6.61 Å². The molecule has 1 aliphatic heterocycles. The van der Waals surface area contributed by atoms with Crippen molar-refractivity contribution in [3.63, 3.8) is 0 Å². The Kier molecular flexibility index (Phi) is 4.00. The Hall–Kier alpha value is -0.860. The summed E-state index contributed by atoms with van der Waals surface area (Å²) in [5.74, 6) is 2.44. The third kappa shape index (κ3) is 2.89. The first-order valence-electron chi connectivity index (χ1n) is 8.78. The van der Waals surface area contributed by atoms with Crippen LogP contribution < -0.4 is 5.32 Å². The summed E-state index contributed by atoms with van der Waals surface area (Å²) in [6, 6.07) is 9.85. The van der Waals surface area contributed by atoms with Crippen LogP contribution in [0.3, 0.4) is 0 Å². The molecule has 3 aliphatic rings. The zero-order valence-corrected chi connectivity index (χ0v) is 12.9. The summed E-state index contributed by atoms with van der Waals surface area (Å²) >= 11 is 0. The van der Waals surface area contributed by atoms with Crippen molar-refractivity contribution >= 4 is 0 Å². The zero-order chi connectivity index (χ0) is 14.1. The monoisotopic (exact) mass is 285 g/mol. The van der Waals surface area contributed by atoms with E-state index in [4.69, 9.17) is 4.74 Å². The van der Waals surface area contributed by atoms with Crippen LogP contribution in [0.15, 0.2) is 24.3 Å². The van der Waals surface area contributed by atoms with Crippen LogP contribution in [0, 0.1) is 17.8 Å². The minimum atomic E-state index is 0.735. The molecule has 2 nitrogen and oxygen atoms in total. The van der Waals surface area contributed by atoms with Gasteiger partial charge < -0.3 is 10.1 Å². The second kappa shape index (κ2) is 6.10. The van der Waals surface area contributed by atoms with Gasteiger partial charge in [0.15, 0.2) is 0 Å². The molecule has 2 heteroatoms. The van der Waals surface area contributed by atoms with Gasteiger partial charge in [0, 0.05) is 19.2 Å². The molecule has 1 saturated heterocycles. The number of nitrogens with one attached hydrogen (secondary N) is 1. The van der Waals surface area contributed by atoms with E-state index in [0.29, 0.717) is 0 Å². The molecule has 1 heterocycles. The zero-order valence-electron chi connectivity index (χ0n) is 12.9. The lowest BCUT2D eigenvalue weighted by atomic mass is 9.94. The van der Waals surface area contributed by atoms with Crippen LogP contribution in [-0.4, -0.2) is 25.8 Å². The normalized spacial score (nSPS) is 35.2. The van der Waals surface area contributed by atoms with Crippen molar-refractivity contribution in [2.75, 3.05) is 19.8 Å². The highest BCUT2D eigenvalue weighted by molar-refractivity contribution is 5.30. The maximum Gasteiger partial charge on any atom is 0.0506 e. The summed E-state index contributed by atoms with van der Waals surface area (Å²) in [5.41, 5.74) is 3.22. The van der Waals surface area contributed by atoms with Gasteiger partial charge in [-0.3, -0.25) is 0 Å². The first kappa shape index (κ1) is 13.8. The predicted molar refractivity (Wildman–Crippen MR) is 85.4 cm³/mol. The molecule has 2 fully saturated rings. The molecule has 3 atom stereocenters. The van der Waals surface area contributed by atoms with Crippen LogP contribution in [0.25, 0.3) is 0 Å². The Morgan fingerprint density at radius 2 is 1.71 bits per heavy atom. The van der Waals surface area contributed by atoms with Gasteiger partial charge in [-0.2, -0.15) is 0 Å². The summed E-state index contributed by atoms with van der Waals surface area (Å²) in [7, 11) is 0. The third-order valence-corrected chi connectivity index (χ3v) is 5.90. The summed E-state index contributed by atoms with van der Waals surface area (Å²) < 4.78 is 5.63. The Morgan fingerprint density at radius 1 is 1.00 bits per heavy atom. The Morgan fingerprint density at radius 3 is 2.33 bits per heavy atom. The van der Waals surface area contributed by atoms with E-state index in [1.165, 1.54) is 38.5 Å². The van der Waals surface area contributed by atoms with E-state index < -0.39 is 0 Å². The number of rotatable bonds is 3. The molecule has 1 aromatic carbocycles. The summed E-state index contributed by atoms with van der Waals surface area (Å²) in [5, 5.41) is 3.95. The molecule has 1 N–H and O–H groups in total. The molecule has 3 unspecified atom stereocenters. The second-order valence-electron chi connectivity index (χ2n) is 7.29. The van der Waals surface area contributed by atoms with Crippen LogP contribution in [0.4, 0.5) is 0 Å². The van der Waals surface area contributed by atoms with Crippen molar-refractivity contribution in [2.24, 2.45) is 17.8 Å². The molecule has 4 rings (SSSR count). The van der Waals surface area contributed by atoms with Gasteiger partial charge in [-0.15, -0.1) is 0 Å². The molecule has 114 valence electrons. The van der Waals surface area contributed by atoms with Gasteiger partial charge in [-0.1, -0.05) is 24.3 Å². The number of fused-ring (bicyclic) bond motifs is 3. The lowest BCUT2D eigenvalue weighted by molar-refractivity contribution is 0.0526. The van der Waals surface area contributed by atoms with Crippen LogP contribution in [0.2, 0.25) is 0 Å². The standard InChI is InChI=1S/C19H27NO/c1-2-6-16-11-18-8-7-17(10-15(16)5-1)19(18)20-12-14-4-3-9-21-13-14/h1-2,5-6,14,17-20H,3-4,7-13H2. The maximum atomic E-state index is 5.63. The number of ether oxygens (including phenoxy) is 1. The SMILES string of the molecule is c1ccc2c(c1)CC1CCC(C2)C1NCC1CCCOC1. The van der Waals surface area contributed by atoms with Crippen molar-refractivity contribution in [3.8, 4) is 0 Å². The summed E-state index contributed by atoms with van der Waals surface area (Å²) in [6.45, 7) is 3.10. The van der Waals surface area contributed by atoms with E-state index >= 15 is 0 Å². The summed E-state index contributed by atoms with van der Waals surface area (Å²) in [6.07, 6.45) is 7.98. The Balaban J connectivity index is 1.42. The Labute approximate surface area is 128 Å². The smallest absolute Gasteiger partial charge is 0.0506 e. The molecule has 1 saturated carbocycles. The highest BCUT2D eigenvalue weighted by Gasteiger charge is 2.38. The van der Waals surface area contributed by atoms with E-state index in [-0.39, 0.29) is 0 Å². The van der Waals surface area contributed by atoms with E-state index in [2.05, 4.69) is 29.6 Å². The van der Waals surface area contributed by atoms with Crippen LogP contribution >= 0.6 is 0 Å². The van der Waals surface area contributed by atoms with Gasteiger partial charge >= 0.3 is 0 Å². The number of benzene rings is 1. The van der Waals surface area contributed by atoms with Crippen LogP contribution in [0.1, 0.15) is 36.8 Å². The highest BCUT2D eigenvalue weighted by Crippen LogP contribution is 2.40. The number of hydrogen-bond donors (Lipinski definition) is 1. The third-order valence-electron chi connectivity index (χ3n) is 5.90. The molecule has 2 aliphatic carbocycles. The largest absolute Gasteiger partial charge is 0.381 e. The molecule has 2 bridgehead atoms. The quantitative estimate of drug-likeness (QED) is 0.921. The van der Waals surface area contributed by atoms with Crippen molar-refractivity contribution in [3.05, 3.63) is 35.4 Å². The van der Waals surface area contributed by atoms with Crippen molar-refractivity contribution in [1.29, 1.82) is 0 Å². The Bertz CT molecular complexity index is 447. The van der Waals surface area contributed by atoms with Crippen molar-refractivity contribution in [1.82, 2.24) is 5.32 Å². The average molecular weight is 285 g/mol. The molecule has 0 aromatic heterocycles. The summed E-state index contributed by atoms with van der Waals surface area (Å²) in [4.78, 5) is 0. The van der Waals surface area contributed by atoms with E-state index in [9.17, 15) is 0 Å². The molecule has 1 aromatic rings. The maximum absolute atomic E-state index is 5.63. The lowest BCUT2D eigenvalue weighted by Crippen LogP contribution is -2.42. The van der Waals surface area contributed by atoms with Crippen molar-refractivity contribution in [2.45, 2.75) is 44.6 Å². The van der Waals surface area contributed by atoms with Gasteiger partial charge in [0.1, 0.15) is 0 Å². The minimum absolute atomic E-state index is 0.735. The van der Waals surface area contributed by atoms with Crippen LogP contribution in [0.5, 0.6) is 0 Å². The fourth-order valence-corrected chi connectivity index (χ4v) is 4.76. The second-order valence-corrected chi connectivity index (χ2v) is 7.29. The van der Waals surface area contributed by atoms with E-state index in [1.807, 2.05) is 0 Å². The molecule has 0 amide bonds. The topological polar surface area (TPSA) is 21.3 Å². The van der Waals surface area contributed by atoms with Gasteiger partial charge in [0.2, 0.25) is 0 Å². The predicted octanol–water partition coefficient (Wildman–Crippen LogP) is 3.20. The van der Waals surface area contributed by atoms with E-state index in [0.717, 1.165) is 43.6 Å². The molecule has 21 heavy (non-hydrogen) atoms. The first-order valence-corrected chi connectivity index (χ1v) is 8.78. The van der Waals surface area contributed by atoms with E-state index in [1.54, 1.807) is 11.1 Å². The highest BCUT2D eigenvalue weighted by atomic mass is 16.5. The van der Waals surface area contributed by atoms with Crippen LogP contribution in [-0.2, 0) is 17.6 Å². The van der Waals surface area contributed by atoms with Crippen molar-refractivity contribution < 1.29 is 4.74 Å². The fraction of sp³-hybridized carbons (Fsp3) is 0.684. The molecule has 0 radical (unpaired) electrons. The van der Waals surface area contributed by atoms with Gasteiger partial charge in [0.25, 0.3) is 0 Å². The minimum Gasteiger partial charge on any atom is -0.381 e. The van der Waals surface area contributed by atoms with Gasteiger partial charge in [-0.25, -0.2) is 0 Å².